The zero-order valence-electron chi connectivity index (χ0n) is 12.8. The van der Waals surface area contributed by atoms with Gasteiger partial charge in [0, 0.05) is 25.3 Å². The zero-order valence-corrected chi connectivity index (χ0v) is 12.8. The van der Waals surface area contributed by atoms with Gasteiger partial charge in [0.25, 0.3) is 0 Å². The van der Waals surface area contributed by atoms with Crippen molar-refractivity contribution in [3.05, 3.63) is 35.4 Å². The van der Waals surface area contributed by atoms with Crippen molar-refractivity contribution in [3.8, 4) is 11.5 Å². The summed E-state index contributed by atoms with van der Waals surface area (Å²) in [5, 5.41) is 21.7. The van der Waals surface area contributed by atoms with E-state index in [2.05, 4.69) is 6.08 Å². The topological polar surface area (TPSA) is 71.4 Å². The minimum Gasteiger partial charge on any atom is -0.454 e. The molecule has 1 saturated heterocycles. The van der Waals surface area contributed by atoms with Gasteiger partial charge in [0.15, 0.2) is 11.5 Å². The number of hydrogen-bond donors (Lipinski definition) is 2. The van der Waals surface area contributed by atoms with Crippen molar-refractivity contribution >= 4 is 0 Å². The van der Waals surface area contributed by atoms with Gasteiger partial charge in [-0.15, -0.1) is 0 Å². The molecule has 0 saturated carbocycles. The van der Waals surface area contributed by atoms with Crippen LogP contribution in [0.1, 0.15) is 23.8 Å². The van der Waals surface area contributed by atoms with Crippen molar-refractivity contribution in [2.45, 2.75) is 36.3 Å². The van der Waals surface area contributed by atoms with Gasteiger partial charge in [0.2, 0.25) is 6.79 Å². The molecule has 2 bridgehead atoms. The predicted molar refractivity (Wildman–Crippen MR) is 80.3 cm³/mol. The van der Waals surface area contributed by atoms with Crippen LogP contribution in [-0.4, -0.2) is 53.8 Å². The van der Waals surface area contributed by atoms with E-state index in [4.69, 9.17) is 14.2 Å². The molecule has 5 rings (SSSR count). The maximum atomic E-state index is 10.8. The number of aliphatic hydroxyl groups is 2. The average molecular weight is 317 g/mol. The first-order valence-corrected chi connectivity index (χ1v) is 7.93. The number of nitrogens with zero attached hydrogens (tertiary/aromatic N) is 1. The molecule has 6 atom stereocenters. The van der Waals surface area contributed by atoms with Crippen molar-refractivity contribution < 1.29 is 24.4 Å². The fourth-order valence-electron chi connectivity index (χ4n) is 4.71. The Labute approximate surface area is 133 Å². The Morgan fingerprint density at radius 1 is 1.26 bits per heavy atom. The normalized spacial score (nSPS) is 42.5. The van der Waals surface area contributed by atoms with Crippen LogP contribution in [0, 0.1) is 0 Å². The number of fused-ring (bicyclic) bond motifs is 2. The first kappa shape index (κ1) is 13.8. The van der Waals surface area contributed by atoms with Gasteiger partial charge in [-0.05, 0) is 24.1 Å². The van der Waals surface area contributed by atoms with Gasteiger partial charge in [0.1, 0.15) is 6.23 Å². The molecule has 1 aliphatic carbocycles. The van der Waals surface area contributed by atoms with Gasteiger partial charge in [-0.25, -0.2) is 0 Å². The molecule has 1 fully saturated rings. The van der Waals surface area contributed by atoms with Gasteiger partial charge in [0.05, 0.1) is 17.6 Å². The maximum Gasteiger partial charge on any atom is 0.231 e. The Balaban J connectivity index is 1.75. The SMILES string of the molecule is COC1C=C[C@@]23c4cc5c(cc4C(O)N(C[C@@H]2O)[C@H]3C1)OCO5. The molecule has 23 heavy (non-hydrogen) atoms. The fraction of sp³-hybridized carbons (Fsp3) is 0.529. The highest BCUT2D eigenvalue weighted by Gasteiger charge is 2.61. The molecule has 0 spiro atoms. The second-order valence-electron chi connectivity index (χ2n) is 6.70. The minimum atomic E-state index is -0.751. The molecule has 0 amide bonds. The van der Waals surface area contributed by atoms with E-state index in [0.717, 1.165) is 17.5 Å². The van der Waals surface area contributed by atoms with Gasteiger partial charge in [-0.2, -0.15) is 0 Å². The first-order valence-electron chi connectivity index (χ1n) is 7.93. The van der Waals surface area contributed by atoms with Crippen molar-refractivity contribution in [2.24, 2.45) is 0 Å². The van der Waals surface area contributed by atoms with Crippen LogP contribution in [0.25, 0.3) is 0 Å². The zero-order chi connectivity index (χ0) is 15.8. The molecule has 3 heterocycles. The van der Waals surface area contributed by atoms with E-state index in [9.17, 15) is 10.2 Å². The van der Waals surface area contributed by atoms with Crippen LogP contribution in [0.15, 0.2) is 24.3 Å². The molecule has 0 radical (unpaired) electrons. The average Bonchev–Trinajstić information content (AvgIpc) is 3.12. The summed E-state index contributed by atoms with van der Waals surface area (Å²) >= 11 is 0. The Kier molecular flexibility index (Phi) is 2.69. The van der Waals surface area contributed by atoms with E-state index in [-0.39, 0.29) is 18.9 Å². The third-order valence-electron chi connectivity index (χ3n) is 5.84. The molecule has 6 heteroatoms. The summed E-state index contributed by atoms with van der Waals surface area (Å²) in [6, 6.07) is 3.79. The summed E-state index contributed by atoms with van der Waals surface area (Å²) in [5.74, 6) is 1.33. The lowest BCUT2D eigenvalue weighted by Crippen LogP contribution is -2.53. The Hall–Kier alpha value is -1.60. The molecule has 4 aliphatic rings. The van der Waals surface area contributed by atoms with Crippen LogP contribution in [0.3, 0.4) is 0 Å². The minimum absolute atomic E-state index is 0.00341. The summed E-state index contributed by atoms with van der Waals surface area (Å²) in [6.07, 6.45) is 3.51. The van der Waals surface area contributed by atoms with Crippen LogP contribution in [0.2, 0.25) is 0 Å². The highest BCUT2D eigenvalue weighted by molar-refractivity contribution is 5.57. The molecular weight excluding hydrogens is 298 g/mol. The summed E-state index contributed by atoms with van der Waals surface area (Å²) < 4.78 is 16.4. The van der Waals surface area contributed by atoms with E-state index in [1.54, 1.807) is 7.11 Å². The molecule has 122 valence electrons. The Bertz CT molecular complexity index is 704. The third-order valence-corrected chi connectivity index (χ3v) is 5.84. The second-order valence-corrected chi connectivity index (χ2v) is 6.70. The smallest absolute Gasteiger partial charge is 0.231 e. The highest BCUT2D eigenvalue weighted by Crippen LogP contribution is 2.56. The van der Waals surface area contributed by atoms with Gasteiger partial charge in [-0.3, -0.25) is 4.90 Å². The van der Waals surface area contributed by atoms with E-state index < -0.39 is 17.7 Å². The Morgan fingerprint density at radius 3 is 2.83 bits per heavy atom. The molecular formula is C17H19NO5. The van der Waals surface area contributed by atoms with Gasteiger partial charge < -0.3 is 24.4 Å². The lowest BCUT2D eigenvalue weighted by Gasteiger charge is -2.48. The van der Waals surface area contributed by atoms with E-state index in [0.29, 0.717) is 18.0 Å². The molecule has 0 aromatic heterocycles. The predicted octanol–water partition coefficient (Wildman–Crippen LogP) is 0.678. The standard InChI is InChI=1S/C17H19NO5/c1-21-9-2-3-17-11-6-13-12(22-8-23-13)5-10(11)16(20)18(7-15(17)19)14(17)4-9/h2-3,5-6,9,14-16,19-20H,4,7-8H2,1H3/t9?,14-,15-,16?,17-/m0/s1. The molecule has 2 N–H and O–H groups in total. The maximum absolute atomic E-state index is 10.8. The quantitative estimate of drug-likeness (QED) is 0.742. The molecule has 3 unspecified atom stereocenters. The van der Waals surface area contributed by atoms with Crippen LogP contribution in [0.4, 0.5) is 0 Å². The van der Waals surface area contributed by atoms with Crippen LogP contribution >= 0.6 is 0 Å². The summed E-state index contributed by atoms with van der Waals surface area (Å²) in [7, 11) is 1.69. The van der Waals surface area contributed by atoms with Crippen LogP contribution in [-0.2, 0) is 10.2 Å². The highest BCUT2D eigenvalue weighted by atomic mass is 16.7. The number of benzene rings is 1. The van der Waals surface area contributed by atoms with Gasteiger partial charge >= 0.3 is 0 Å². The van der Waals surface area contributed by atoms with E-state index >= 15 is 0 Å². The second kappa shape index (κ2) is 4.48. The molecule has 3 aliphatic heterocycles. The molecule has 1 aromatic rings. The van der Waals surface area contributed by atoms with Crippen molar-refractivity contribution in [3.63, 3.8) is 0 Å². The van der Waals surface area contributed by atoms with Gasteiger partial charge in [-0.1, -0.05) is 12.2 Å². The largest absolute Gasteiger partial charge is 0.454 e. The fourth-order valence-corrected chi connectivity index (χ4v) is 4.71. The van der Waals surface area contributed by atoms with Crippen molar-refractivity contribution in [1.29, 1.82) is 0 Å². The summed E-state index contributed by atoms with van der Waals surface area (Å²) in [6.45, 7) is 0.631. The van der Waals surface area contributed by atoms with Crippen LogP contribution < -0.4 is 9.47 Å². The molecule has 1 aromatic carbocycles. The number of hydrogen-bond acceptors (Lipinski definition) is 6. The number of rotatable bonds is 1. The lowest BCUT2D eigenvalue weighted by atomic mass is 9.65. The third kappa shape index (κ3) is 1.57. The summed E-state index contributed by atoms with van der Waals surface area (Å²) in [4.78, 5) is 1.98. The lowest BCUT2D eigenvalue weighted by molar-refractivity contribution is -0.0399. The number of ether oxygens (including phenoxy) is 3. The number of methoxy groups -OCH3 is 1. The number of aliphatic hydroxyl groups excluding tert-OH is 2. The first-order chi connectivity index (χ1) is 11.1. The summed E-state index contributed by atoms with van der Waals surface area (Å²) in [5.41, 5.74) is 1.21. The Morgan fingerprint density at radius 2 is 2.04 bits per heavy atom. The van der Waals surface area contributed by atoms with E-state index in [1.807, 2.05) is 23.1 Å². The van der Waals surface area contributed by atoms with E-state index in [1.165, 1.54) is 0 Å². The van der Waals surface area contributed by atoms with Crippen LogP contribution in [0.5, 0.6) is 11.5 Å². The van der Waals surface area contributed by atoms with Crippen molar-refractivity contribution in [2.75, 3.05) is 20.4 Å². The van der Waals surface area contributed by atoms with Crippen molar-refractivity contribution in [1.82, 2.24) is 4.90 Å². The monoisotopic (exact) mass is 317 g/mol. The molecule has 6 nitrogen and oxygen atoms in total.